The second-order valence-corrected chi connectivity index (χ2v) is 7.48. The minimum absolute atomic E-state index is 0.250. The van der Waals surface area contributed by atoms with Gasteiger partial charge in [-0.1, -0.05) is 11.3 Å². The van der Waals surface area contributed by atoms with Gasteiger partial charge in [-0.25, -0.2) is 13.8 Å². The highest BCUT2D eigenvalue weighted by Gasteiger charge is 2.17. The maximum absolute atomic E-state index is 13.3. The Labute approximate surface area is 143 Å². The molecule has 0 fully saturated rings. The lowest BCUT2D eigenvalue weighted by Crippen LogP contribution is -1.99. The van der Waals surface area contributed by atoms with Crippen LogP contribution in [0.1, 0.15) is 22.1 Å². The highest BCUT2D eigenvalue weighted by Crippen LogP contribution is 2.33. The zero-order chi connectivity index (χ0) is 16.8. The van der Waals surface area contributed by atoms with Gasteiger partial charge in [0, 0.05) is 12.5 Å². The summed E-state index contributed by atoms with van der Waals surface area (Å²) in [5.41, 5.74) is 1.41. The molecule has 9 heteroatoms. The Kier molecular flexibility index (Phi) is 3.61. The van der Waals surface area contributed by atoms with Crippen molar-refractivity contribution in [2.24, 2.45) is 0 Å². The second kappa shape index (κ2) is 5.67. The summed E-state index contributed by atoms with van der Waals surface area (Å²) in [6.45, 7) is 3.89. The molecular formula is C15H11F2N5S2. The average Bonchev–Trinajstić information content (AvgIpc) is 3.14. The quantitative estimate of drug-likeness (QED) is 0.556. The van der Waals surface area contributed by atoms with Gasteiger partial charge in [0.05, 0.1) is 15.6 Å². The van der Waals surface area contributed by atoms with Gasteiger partial charge in [0.25, 0.3) is 0 Å². The molecule has 0 aliphatic heterocycles. The Morgan fingerprint density at radius 3 is 2.46 bits per heavy atom. The summed E-state index contributed by atoms with van der Waals surface area (Å²) >= 11 is 2.99. The van der Waals surface area contributed by atoms with Crippen LogP contribution in [0.2, 0.25) is 0 Å². The van der Waals surface area contributed by atoms with E-state index >= 15 is 0 Å². The molecule has 0 unspecified atom stereocenters. The van der Waals surface area contributed by atoms with E-state index in [1.165, 1.54) is 23.5 Å². The zero-order valence-corrected chi connectivity index (χ0v) is 14.4. The summed E-state index contributed by atoms with van der Waals surface area (Å²) < 4.78 is 28.3. The lowest BCUT2D eigenvalue weighted by Gasteiger charge is -1.99. The molecule has 0 atom stereocenters. The highest BCUT2D eigenvalue weighted by atomic mass is 32.1. The number of thiazole rings is 1. The van der Waals surface area contributed by atoms with Crippen molar-refractivity contribution in [3.63, 3.8) is 0 Å². The van der Waals surface area contributed by atoms with Crippen molar-refractivity contribution < 1.29 is 8.78 Å². The first-order valence-corrected chi connectivity index (χ1v) is 8.73. The van der Waals surface area contributed by atoms with Crippen LogP contribution in [0.25, 0.3) is 14.8 Å². The number of rotatable bonds is 3. The standard InChI is InChI=1S/C15H11F2N5S2/c1-7-13(23-8(2)18-7)14-21-22-12(19-20-15(22)24-14)5-9-3-10(16)6-11(17)4-9/h3-4,6H,5H2,1-2H3. The molecule has 0 saturated carbocycles. The Hall–Kier alpha value is -2.26. The van der Waals surface area contributed by atoms with E-state index in [1.807, 2.05) is 13.8 Å². The third-order valence-electron chi connectivity index (χ3n) is 3.44. The van der Waals surface area contributed by atoms with Gasteiger partial charge in [-0.2, -0.15) is 9.61 Å². The van der Waals surface area contributed by atoms with Gasteiger partial charge < -0.3 is 0 Å². The number of nitrogens with zero attached hydrogens (tertiary/aromatic N) is 5. The molecule has 4 aromatic rings. The zero-order valence-electron chi connectivity index (χ0n) is 12.7. The number of aryl methyl sites for hydroxylation is 2. The Morgan fingerprint density at radius 2 is 1.79 bits per heavy atom. The average molecular weight is 363 g/mol. The molecule has 0 saturated heterocycles. The van der Waals surface area contributed by atoms with Crippen LogP contribution < -0.4 is 0 Å². The molecule has 0 radical (unpaired) electrons. The Balaban J connectivity index is 1.73. The minimum atomic E-state index is -0.611. The number of benzene rings is 1. The van der Waals surface area contributed by atoms with Crippen molar-refractivity contribution in [1.29, 1.82) is 0 Å². The summed E-state index contributed by atoms with van der Waals surface area (Å²) in [5.74, 6) is -0.683. The van der Waals surface area contributed by atoms with Crippen molar-refractivity contribution in [2.75, 3.05) is 0 Å². The molecule has 3 heterocycles. The molecule has 4 rings (SSSR count). The molecule has 24 heavy (non-hydrogen) atoms. The van der Waals surface area contributed by atoms with Crippen LogP contribution >= 0.6 is 22.7 Å². The molecule has 0 aliphatic carbocycles. The van der Waals surface area contributed by atoms with Crippen molar-refractivity contribution in [3.8, 4) is 9.88 Å². The van der Waals surface area contributed by atoms with Crippen molar-refractivity contribution in [2.45, 2.75) is 20.3 Å². The number of aromatic nitrogens is 5. The monoisotopic (exact) mass is 363 g/mol. The molecule has 122 valence electrons. The fourth-order valence-corrected chi connectivity index (χ4v) is 4.38. The molecule has 0 N–H and O–H groups in total. The lowest BCUT2D eigenvalue weighted by molar-refractivity contribution is 0.580. The molecule has 3 aromatic heterocycles. The summed E-state index contributed by atoms with van der Waals surface area (Å²) in [7, 11) is 0. The highest BCUT2D eigenvalue weighted by molar-refractivity contribution is 7.24. The number of halogens is 2. The first kappa shape index (κ1) is 15.3. The fraction of sp³-hybridized carbons (Fsp3) is 0.200. The van der Waals surface area contributed by atoms with Gasteiger partial charge >= 0.3 is 0 Å². The van der Waals surface area contributed by atoms with Gasteiger partial charge in [-0.15, -0.1) is 21.5 Å². The molecule has 1 aromatic carbocycles. The fourth-order valence-electron chi connectivity index (χ4n) is 2.48. The van der Waals surface area contributed by atoms with E-state index in [1.54, 1.807) is 15.9 Å². The van der Waals surface area contributed by atoms with E-state index in [9.17, 15) is 8.78 Å². The minimum Gasteiger partial charge on any atom is -0.246 e. The predicted molar refractivity (Wildman–Crippen MR) is 88.4 cm³/mol. The van der Waals surface area contributed by atoms with Crippen LogP contribution in [-0.4, -0.2) is 24.8 Å². The first-order chi connectivity index (χ1) is 11.5. The maximum atomic E-state index is 13.3. The van der Waals surface area contributed by atoms with Gasteiger partial charge in [0.15, 0.2) is 10.8 Å². The van der Waals surface area contributed by atoms with Crippen LogP contribution in [0, 0.1) is 25.5 Å². The Bertz CT molecular complexity index is 1030. The van der Waals surface area contributed by atoms with E-state index in [0.29, 0.717) is 16.3 Å². The summed E-state index contributed by atoms with van der Waals surface area (Å²) in [6.07, 6.45) is 0.250. The van der Waals surface area contributed by atoms with Gasteiger partial charge in [-0.05, 0) is 31.5 Å². The third-order valence-corrected chi connectivity index (χ3v) is 5.56. The molecule has 5 nitrogen and oxygen atoms in total. The van der Waals surface area contributed by atoms with Gasteiger partial charge in [-0.3, -0.25) is 0 Å². The number of hydrogen-bond acceptors (Lipinski definition) is 6. The molecule has 0 aliphatic rings. The van der Waals surface area contributed by atoms with Crippen LogP contribution in [0.4, 0.5) is 8.78 Å². The SMILES string of the molecule is Cc1nc(C)c(-c2nn3c(Cc4cc(F)cc(F)c4)nnc3s2)s1. The maximum Gasteiger partial charge on any atom is 0.235 e. The third kappa shape index (κ3) is 2.69. The smallest absolute Gasteiger partial charge is 0.235 e. The Morgan fingerprint density at radius 1 is 1.04 bits per heavy atom. The molecule has 0 amide bonds. The summed E-state index contributed by atoms with van der Waals surface area (Å²) in [6, 6.07) is 3.42. The van der Waals surface area contributed by atoms with Crippen molar-refractivity contribution in [3.05, 3.63) is 51.9 Å². The van der Waals surface area contributed by atoms with E-state index in [0.717, 1.165) is 26.7 Å². The number of fused-ring (bicyclic) bond motifs is 1. The van der Waals surface area contributed by atoms with Gasteiger partial charge in [0.1, 0.15) is 11.6 Å². The van der Waals surface area contributed by atoms with Crippen LogP contribution in [0.5, 0.6) is 0 Å². The number of hydrogen-bond donors (Lipinski definition) is 0. The van der Waals surface area contributed by atoms with E-state index in [4.69, 9.17) is 0 Å². The summed E-state index contributed by atoms with van der Waals surface area (Å²) in [4.78, 5) is 6.05. The first-order valence-electron chi connectivity index (χ1n) is 7.10. The van der Waals surface area contributed by atoms with Crippen LogP contribution in [-0.2, 0) is 6.42 Å². The normalized spacial score (nSPS) is 11.5. The molecule has 0 bridgehead atoms. The van der Waals surface area contributed by atoms with Gasteiger partial charge in [0.2, 0.25) is 4.96 Å². The lowest BCUT2D eigenvalue weighted by atomic mass is 10.1. The second-order valence-electron chi connectivity index (χ2n) is 5.32. The molecule has 0 spiro atoms. The predicted octanol–water partition coefficient (Wildman–Crippen LogP) is 3.80. The van der Waals surface area contributed by atoms with Crippen molar-refractivity contribution >= 4 is 27.6 Å². The van der Waals surface area contributed by atoms with E-state index < -0.39 is 11.6 Å². The van der Waals surface area contributed by atoms with E-state index in [2.05, 4.69) is 20.3 Å². The van der Waals surface area contributed by atoms with Crippen molar-refractivity contribution in [1.82, 2.24) is 24.8 Å². The van der Waals surface area contributed by atoms with E-state index in [-0.39, 0.29) is 6.42 Å². The van der Waals surface area contributed by atoms with Crippen LogP contribution in [0.3, 0.4) is 0 Å². The molecular weight excluding hydrogens is 352 g/mol. The topological polar surface area (TPSA) is 56.0 Å². The summed E-state index contributed by atoms with van der Waals surface area (Å²) in [5, 5.41) is 14.5. The largest absolute Gasteiger partial charge is 0.246 e. The van der Waals surface area contributed by atoms with Crippen LogP contribution in [0.15, 0.2) is 18.2 Å².